The SMILES string of the molecule is O=C(N1CCCC(c2cc(C(F)(F)F)n[nH]2)C1)C1(n2cccn2)CCNCC1. The fourth-order valence-electron chi connectivity index (χ4n) is 4.30. The van der Waals surface area contributed by atoms with Crippen LogP contribution in [-0.4, -0.2) is 57.0 Å². The van der Waals surface area contributed by atoms with Crippen molar-refractivity contribution >= 4 is 5.91 Å². The third-order valence-corrected chi connectivity index (χ3v) is 5.81. The van der Waals surface area contributed by atoms with Gasteiger partial charge in [0.25, 0.3) is 5.91 Å². The fraction of sp³-hybridized carbons (Fsp3) is 0.611. The number of nitrogens with zero attached hydrogens (tertiary/aromatic N) is 4. The predicted octanol–water partition coefficient (Wildman–Crippen LogP) is 2.11. The van der Waals surface area contributed by atoms with Gasteiger partial charge in [-0.2, -0.15) is 23.4 Å². The Balaban J connectivity index is 1.55. The Morgan fingerprint density at radius 2 is 2.07 bits per heavy atom. The van der Waals surface area contributed by atoms with Gasteiger partial charge in [-0.05, 0) is 50.9 Å². The first-order valence-electron chi connectivity index (χ1n) is 9.53. The van der Waals surface area contributed by atoms with E-state index >= 15 is 0 Å². The standard InChI is InChI=1S/C18H23F3N6O/c19-18(20,21)15-11-14(24-25-15)13-3-1-9-26(12-13)16(28)17(4-7-22-8-5-17)27-10-2-6-23-27/h2,6,10-11,13,22H,1,3-5,7-9,12H2,(H,24,25). The van der Waals surface area contributed by atoms with Crippen LogP contribution in [0.1, 0.15) is 43.0 Å². The van der Waals surface area contributed by atoms with E-state index in [2.05, 4.69) is 20.6 Å². The number of piperidine rings is 2. The average molecular weight is 396 g/mol. The minimum absolute atomic E-state index is 0.00189. The van der Waals surface area contributed by atoms with Gasteiger partial charge in [0, 0.05) is 37.1 Å². The maximum atomic E-state index is 13.5. The van der Waals surface area contributed by atoms with E-state index < -0.39 is 17.4 Å². The molecule has 1 atom stereocenters. The van der Waals surface area contributed by atoms with Gasteiger partial charge in [-0.15, -0.1) is 0 Å². The lowest BCUT2D eigenvalue weighted by molar-refractivity contribution is -0.144. The Morgan fingerprint density at radius 3 is 2.71 bits per heavy atom. The Labute approximate surface area is 160 Å². The monoisotopic (exact) mass is 396 g/mol. The minimum Gasteiger partial charge on any atom is -0.340 e. The molecule has 4 rings (SSSR count). The van der Waals surface area contributed by atoms with Gasteiger partial charge in [-0.25, -0.2) is 0 Å². The van der Waals surface area contributed by atoms with Crippen LogP contribution in [0, 0.1) is 0 Å². The van der Waals surface area contributed by atoms with E-state index in [9.17, 15) is 18.0 Å². The lowest BCUT2D eigenvalue weighted by atomic mass is 9.85. The summed E-state index contributed by atoms with van der Waals surface area (Å²) in [5, 5.41) is 13.5. The van der Waals surface area contributed by atoms with Gasteiger partial charge >= 0.3 is 6.18 Å². The number of halogens is 3. The van der Waals surface area contributed by atoms with Gasteiger partial charge in [0.15, 0.2) is 5.69 Å². The number of rotatable bonds is 3. The van der Waals surface area contributed by atoms with E-state index in [0.29, 0.717) is 31.6 Å². The van der Waals surface area contributed by atoms with Crippen LogP contribution in [0.5, 0.6) is 0 Å². The molecule has 7 nitrogen and oxygen atoms in total. The third-order valence-electron chi connectivity index (χ3n) is 5.81. The number of hydrogen-bond donors (Lipinski definition) is 2. The number of amides is 1. The van der Waals surface area contributed by atoms with Crippen molar-refractivity contribution in [2.24, 2.45) is 0 Å². The smallest absolute Gasteiger partial charge is 0.340 e. The Kier molecular flexibility index (Phi) is 4.90. The number of H-pyrrole nitrogens is 1. The molecular formula is C18H23F3N6O. The van der Waals surface area contributed by atoms with Gasteiger partial charge in [0.05, 0.1) is 0 Å². The van der Waals surface area contributed by atoms with Crippen molar-refractivity contribution < 1.29 is 18.0 Å². The second-order valence-corrected chi connectivity index (χ2v) is 7.53. The summed E-state index contributed by atoms with van der Waals surface area (Å²) in [7, 11) is 0. The topological polar surface area (TPSA) is 78.8 Å². The van der Waals surface area contributed by atoms with Crippen LogP contribution < -0.4 is 5.32 Å². The van der Waals surface area contributed by atoms with Crippen LogP contribution in [0.25, 0.3) is 0 Å². The highest BCUT2D eigenvalue weighted by Crippen LogP contribution is 2.35. The predicted molar refractivity (Wildman–Crippen MR) is 94.4 cm³/mol. The largest absolute Gasteiger partial charge is 0.435 e. The van der Waals surface area contributed by atoms with Crippen molar-refractivity contribution in [1.82, 2.24) is 30.2 Å². The van der Waals surface area contributed by atoms with Crippen molar-refractivity contribution in [2.75, 3.05) is 26.2 Å². The third kappa shape index (κ3) is 3.41. The second kappa shape index (κ2) is 7.23. The molecule has 0 radical (unpaired) electrons. The molecule has 2 aliphatic rings. The summed E-state index contributed by atoms with van der Waals surface area (Å²) >= 11 is 0. The molecule has 1 amide bonds. The van der Waals surface area contributed by atoms with E-state index in [-0.39, 0.29) is 11.8 Å². The summed E-state index contributed by atoms with van der Waals surface area (Å²) in [5.41, 5.74) is -1.22. The summed E-state index contributed by atoms with van der Waals surface area (Å²) < 4.78 is 40.3. The van der Waals surface area contributed by atoms with Crippen molar-refractivity contribution in [3.8, 4) is 0 Å². The fourth-order valence-corrected chi connectivity index (χ4v) is 4.30. The molecule has 2 saturated heterocycles. The number of hydrogen-bond acceptors (Lipinski definition) is 4. The van der Waals surface area contributed by atoms with Crippen molar-refractivity contribution in [3.63, 3.8) is 0 Å². The molecule has 2 aliphatic heterocycles. The highest BCUT2D eigenvalue weighted by molar-refractivity contribution is 5.85. The van der Waals surface area contributed by atoms with E-state index in [4.69, 9.17) is 0 Å². The molecule has 28 heavy (non-hydrogen) atoms. The zero-order valence-electron chi connectivity index (χ0n) is 15.4. The maximum absolute atomic E-state index is 13.5. The molecule has 0 bridgehead atoms. The molecule has 2 fully saturated rings. The lowest BCUT2D eigenvalue weighted by Gasteiger charge is -2.42. The zero-order chi connectivity index (χ0) is 19.8. The van der Waals surface area contributed by atoms with Crippen molar-refractivity contribution in [3.05, 3.63) is 35.9 Å². The number of aromatic amines is 1. The number of aromatic nitrogens is 4. The normalized spacial score (nSPS) is 23.0. The molecule has 0 aromatic carbocycles. The molecule has 10 heteroatoms. The summed E-state index contributed by atoms with van der Waals surface area (Å²) in [4.78, 5) is 15.3. The molecule has 152 valence electrons. The highest BCUT2D eigenvalue weighted by Gasteiger charge is 2.45. The molecule has 1 unspecified atom stereocenters. The molecule has 4 heterocycles. The Hall–Kier alpha value is -2.36. The molecule has 0 saturated carbocycles. The van der Waals surface area contributed by atoms with Crippen molar-refractivity contribution in [2.45, 2.75) is 43.3 Å². The quantitative estimate of drug-likeness (QED) is 0.833. The summed E-state index contributed by atoms with van der Waals surface area (Å²) in [6.07, 6.45) is 1.74. The molecular weight excluding hydrogens is 373 g/mol. The van der Waals surface area contributed by atoms with Crippen LogP contribution in [0.2, 0.25) is 0 Å². The van der Waals surface area contributed by atoms with E-state index in [1.807, 2.05) is 6.20 Å². The molecule has 2 N–H and O–H groups in total. The average Bonchev–Trinajstić information content (AvgIpc) is 3.40. The van der Waals surface area contributed by atoms with Gasteiger partial charge in [0.1, 0.15) is 5.54 Å². The van der Waals surface area contributed by atoms with Crippen LogP contribution in [0.4, 0.5) is 13.2 Å². The molecule has 0 aliphatic carbocycles. The zero-order valence-corrected chi connectivity index (χ0v) is 15.4. The maximum Gasteiger partial charge on any atom is 0.435 e. The molecule has 2 aromatic rings. The number of nitrogens with one attached hydrogen (secondary N) is 2. The minimum atomic E-state index is -4.47. The van der Waals surface area contributed by atoms with Gasteiger partial charge in [-0.3, -0.25) is 14.6 Å². The number of carbonyl (C=O) groups excluding carboxylic acids is 1. The molecule has 0 spiro atoms. The van der Waals surface area contributed by atoms with Crippen LogP contribution in [0.3, 0.4) is 0 Å². The van der Waals surface area contributed by atoms with Crippen LogP contribution in [0.15, 0.2) is 24.5 Å². The number of carbonyl (C=O) groups is 1. The Bertz CT molecular complexity index is 810. The van der Waals surface area contributed by atoms with Gasteiger partial charge in [-0.1, -0.05) is 0 Å². The second-order valence-electron chi connectivity index (χ2n) is 7.53. The van der Waals surface area contributed by atoms with E-state index in [1.165, 1.54) is 0 Å². The molecule has 2 aromatic heterocycles. The first-order chi connectivity index (χ1) is 13.4. The van der Waals surface area contributed by atoms with Gasteiger partial charge in [0.2, 0.25) is 0 Å². The number of alkyl halides is 3. The highest BCUT2D eigenvalue weighted by atomic mass is 19.4. The van der Waals surface area contributed by atoms with E-state index in [0.717, 1.165) is 32.0 Å². The number of likely N-dealkylation sites (tertiary alicyclic amines) is 1. The van der Waals surface area contributed by atoms with Crippen LogP contribution >= 0.6 is 0 Å². The first-order valence-corrected chi connectivity index (χ1v) is 9.53. The van der Waals surface area contributed by atoms with Gasteiger partial charge < -0.3 is 10.2 Å². The lowest BCUT2D eigenvalue weighted by Crippen LogP contribution is -2.57. The first kappa shape index (κ1) is 19.0. The van der Waals surface area contributed by atoms with Crippen molar-refractivity contribution in [1.29, 1.82) is 0 Å². The Morgan fingerprint density at radius 1 is 1.29 bits per heavy atom. The summed E-state index contributed by atoms with van der Waals surface area (Å²) in [5.74, 6) is -0.185. The van der Waals surface area contributed by atoms with Crippen LogP contribution in [-0.2, 0) is 16.5 Å². The summed E-state index contributed by atoms with van der Waals surface area (Å²) in [6.45, 7) is 2.43. The van der Waals surface area contributed by atoms with E-state index in [1.54, 1.807) is 21.8 Å². The summed E-state index contributed by atoms with van der Waals surface area (Å²) in [6, 6.07) is 2.87.